The standard InChI is InChI=1S/C15H13F3N2/c16-15(17,18)13-5-6-14(19-9-13)20-8-7-11-3-1-2-4-12(11)10-20/h1-6,9H,7-8,10H2/p+1. The van der Waals surface area contributed by atoms with E-state index in [9.17, 15) is 13.2 Å². The molecule has 0 spiro atoms. The van der Waals surface area contributed by atoms with Crippen molar-refractivity contribution in [3.8, 4) is 0 Å². The van der Waals surface area contributed by atoms with Crippen molar-refractivity contribution in [2.45, 2.75) is 19.1 Å². The second-order valence-corrected chi connectivity index (χ2v) is 4.90. The van der Waals surface area contributed by atoms with E-state index in [0.717, 1.165) is 31.8 Å². The number of pyridine rings is 1. The molecule has 1 aliphatic heterocycles. The van der Waals surface area contributed by atoms with Crippen LogP contribution in [0.15, 0.2) is 42.6 Å². The molecule has 0 saturated heterocycles. The Labute approximate surface area is 114 Å². The molecular formula is C15H14F3N2+. The van der Waals surface area contributed by atoms with E-state index in [1.54, 1.807) is 0 Å². The van der Waals surface area contributed by atoms with Crippen molar-refractivity contribution < 1.29 is 18.2 Å². The Morgan fingerprint density at radius 1 is 1.00 bits per heavy atom. The van der Waals surface area contributed by atoms with Gasteiger partial charge in [0.15, 0.2) is 0 Å². The monoisotopic (exact) mass is 279 g/mol. The maximum Gasteiger partial charge on any atom is 0.419 e. The van der Waals surface area contributed by atoms with Gasteiger partial charge in [0.2, 0.25) is 0 Å². The summed E-state index contributed by atoms with van der Waals surface area (Å²) in [7, 11) is 0. The van der Waals surface area contributed by atoms with Gasteiger partial charge in [-0.05, 0) is 17.2 Å². The number of nitrogens with zero attached hydrogens (tertiary/aromatic N) is 1. The van der Waals surface area contributed by atoms with Gasteiger partial charge >= 0.3 is 6.18 Å². The molecule has 2 heterocycles. The Kier molecular flexibility index (Phi) is 3.12. The first-order valence-electron chi connectivity index (χ1n) is 6.45. The zero-order valence-electron chi connectivity index (χ0n) is 10.7. The summed E-state index contributed by atoms with van der Waals surface area (Å²) < 4.78 is 37.6. The summed E-state index contributed by atoms with van der Waals surface area (Å²) in [5, 5.41) is 0. The third-order valence-corrected chi connectivity index (χ3v) is 3.59. The molecule has 1 aliphatic rings. The number of anilines is 1. The molecule has 0 atom stereocenters. The number of H-pyrrole nitrogens is 1. The highest BCUT2D eigenvalue weighted by Gasteiger charge is 2.32. The first kappa shape index (κ1) is 13.0. The Balaban J connectivity index is 1.81. The lowest BCUT2D eigenvalue weighted by molar-refractivity contribution is -0.367. The van der Waals surface area contributed by atoms with Crippen LogP contribution in [0.2, 0.25) is 0 Å². The third kappa shape index (κ3) is 2.48. The smallest absolute Gasteiger partial charge is 0.257 e. The Morgan fingerprint density at radius 2 is 1.75 bits per heavy atom. The van der Waals surface area contributed by atoms with Crippen LogP contribution in [0, 0.1) is 0 Å². The second kappa shape index (κ2) is 4.81. The minimum Gasteiger partial charge on any atom is -0.257 e. The average Bonchev–Trinajstić information content (AvgIpc) is 2.46. The van der Waals surface area contributed by atoms with Gasteiger partial charge in [-0.25, -0.2) is 4.98 Å². The van der Waals surface area contributed by atoms with E-state index in [1.165, 1.54) is 17.2 Å². The molecule has 0 aliphatic carbocycles. The fourth-order valence-corrected chi connectivity index (χ4v) is 2.49. The van der Waals surface area contributed by atoms with Crippen molar-refractivity contribution in [3.05, 3.63) is 59.3 Å². The fourth-order valence-electron chi connectivity index (χ4n) is 2.49. The van der Waals surface area contributed by atoms with E-state index in [2.05, 4.69) is 22.0 Å². The van der Waals surface area contributed by atoms with Gasteiger partial charge in [-0.3, -0.25) is 4.90 Å². The van der Waals surface area contributed by atoms with E-state index >= 15 is 0 Å². The van der Waals surface area contributed by atoms with E-state index in [1.807, 2.05) is 12.1 Å². The van der Waals surface area contributed by atoms with E-state index < -0.39 is 11.7 Å². The third-order valence-electron chi connectivity index (χ3n) is 3.59. The largest absolute Gasteiger partial charge is 0.419 e. The lowest BCUT2D eigenvalue weighted by Crippen LogP contribution is -2.34. The number of benzene rings is 1. The number of rotatable bonds is 1. The molecule has 1 aromatic heterocycles. The molecule has 20 heavy (non-hydrogen) atoms. The van der Waals surface area contributed by atoms with Crippen molar-refractivity contribution in [1.82, 2.24) is 0 Å². The summed E-state index contributed by atoms with van der Waals surface area (Å²) in [4.78, 5) is 4.81. The van der Waals surface area contributed by atoms with Crippen LogP contribution < -0.4 is 9.88 Å². The quantitative estimate of drug-likeness (QED) is 0.784. The van der Waals surface area contributed by atoms with Gasteiger partial charge in [-0.15, -0.1) is 0 Å². The molecule has 0 unspecified atom stereocenters. The predicted molar refractivity (Wildman–Crippen MR) is 69.2 cm³/mol. The van der Waals surface area contributed by atoms with Crippen LogP contribution in [0.1, 0.15) is 16.7 Å². The number of aromatic nitrogens is 1. The van der Waals surface area contributed by atoms with Crippen LogP contribution in [0.4, 0.5) is 19.0 Å². The van der Waals surface area contributed by atoms with Crippen LogP contribution >= 0.6 is 0 Å². The van der Waals surface area contributed by atoms with Gasteiger partial charge in [0.1, 0.15) is 12.7 Å². The van der Waals surface area contributed by atoms with Gasteiger partial charge in [-0.1, -0.05) is 24.3 Å². The number of alkyl halides is 3. The zero-order chi connectivity index (χ0) is 14.2. The van der Waals surface area contributed by atoms with Crippen LogP contribution in [0.3, 0.4) is 0 Å². The molecule has 0 bridgehead atoms. The highest BCUT2D eigenvalue weighted by molar-refractivity contribution is 5.41. The first-order valence-corrected chi connectivity index (χ1v) is 6.45. The molecular weight excluding hydrogens is 265 g/mol. The molecule has 0 radical (unpaired) electrons. The number of aromatic amines is 1. The number of nitrogens with one attached hydrogen (secondary N) is 1. The van der Waals surface area contributed by atoms with E-state index in [0.29, 0.717) is 5.82 Å². The summed E-state index contributed by atoms with van der Waals surface area (Å²) >= 11 is 0. The van der Waals surface area contributed by atoms with Crippen LogP contribution in [-0.4, -0.2) is 6.54 Å². The van der Waals surface area contributed by atoms with Crippen LogP contribution in [0.25, 0.3) is 0 Å². The molecule has 0 amide bonds. The summed E-state index contributed by atoms with van der Waals surface area (Å²) in [6, 6.07) is 10.8. The van der Waals surface area contributed by atoms with Crippen molar-refractivity contribution in [2.24, 2.45) is 0 Å². The van der Waals surface area contributed by atoms with Gasteiger partial charge in [0, 0.05) is 12.5 Å². The molecule has 1 aromatic carbocycles. The van der Waals surface area contributed by atoms with Crippen LogP contribution in [-0.2, 0) is 19.1 Å². The Bertz CT molecular complexity index is 605. The van der Waals surface area contributed by atoms with Gasteiger partial charge in [0.05, 0.1) is 12.1 Å². The second-order valence-electron chi connectivity index (χ2n) is 4.90. The Morgan fingerprint density at radius 3 is 2.40 bits per heavy atom. The predicted octanol–water partition coefficient (Wildman–Crippen LogP) is 3.08. The van der Waals surface area contributed by atoms with E-state index in [4.69, 9.17) is 0 Å². The fraction of sp³-hybridized carbons (Fsp3) is 0.267. The van der Waals surface area contributed by atoms with Crippen LogP contribution in [0.5, 0.6) is 0 Å². The number of hydrogen-bond acceptors (Lipinski definition) is 1. The first-order chi connectivity index (χ1) is 9.54. The summed E-state index contributed by atoms with van der Waals surface area (Å²) in [6.07, 6.45) is -2.37. The van der Waals surface area contributed by atoms with Crippen molar-refractivity contribution >= 4 is 5.82 Å². The maximum atomic E-state index is 12.5. The highest BCUT2D eigenvalue weighted by Crippen LogP contribution is 2.29. The summed E-state index contributed by atoms with van der Waals surface area (Å²) in [5.41, 5.74) is 1.89. The van der Waals surface area contributed by atoms with Gasteiger partial charge in [0.25, 0.3) is 5.82 Å². The normalized spacial score (nSPS) is 15.1. The average molecular weight is 279 g/mol. The number of hydrogen-bond donors (Lipinski definition) is 0. The van der Waals surface area contributed by atoms with Crippen molar-refractivity contribution in [1.29, 1.82) is 0 Å². The van der Waals surface area contributed by atoms with E-state index in [-0.39, 0.29) is 0 Å². The molecule has 2 aromatic rings. The Hall–Kier alpha value is -2.04. The molecule has 1 N–H and O–H groups in total. The maximum absolute atomic E-state index is 12.5. The highest BCUT2D eigenvalue weighted by atomic mass is 19.4. The van der Waals surface area contributed by atoms with Crippen molar-refractivity contribution in [3.63, 3.8) is 0 Å². The SMILES string of the molecule is FC(F)(F)c1ccc(N2CCc3ccccc3C2)[nH+]c1. The molecule has 3 rings (SSSR count). The molecule has 0 saturated carbocycles. The zero-order valence-corrected chi connectivity index (χ0v) is 10.7. The number of halogens is 3. The van der Waals surface area contributed by atoms with Gasteiger partial charge < -0.3 is 0 Å². The molecule has 0 fully saturated rings. The topological polar surface area (TPSA) is 17.4 Å². The molecule has 104 valence electrons. The molecule has 2 nitrogen and oxygen atoms in total. The minimum absolute atomic E-state index is 0.654. The lowest BCUT2D eigenvalue weighted by atomic mass is 10.00. The summed E-state index contributed by atoms with van der Waals surface area (Å²) in [6.45, 7) is 1.52. The lowest BCUT2D eigenvalue weighted by Gasteiger charge is -2.23. The number of fused-ring (bicyclic) bond motifs is 1. The van der Waals surface area contributed by atoms with Gasteiger partial charge in [-0.2, -0.15) is 13.2 Å². The summed E-state index contributed by atoms with van der Waals surface area (Å²) in [5.74, 6) is 0.715. The molecule has 5 heteroatoms. The van der Waals surface area contributed by atoms with Crippen molar-refractivity contribution in [2.75, 3.05) is 11.4 Å². The minimum atomic E-state index is -4.30.